The Morgan fingerprint density at radius 1 is 1.08 bits per heavy atom. The van der Waals surface area contributed by atoms with Crippen molar-refractivity contribution in [2.45, 2.75) is 20.0 Å². The molecular formula is C11H12N2. The first-order chi connectivity index (χ1) is 6.27. The van der Waals surface area contributed by atoms with Crippen molar-refractivity contribution < 1.29 is 0 Å². The van der Waals surface area contributed by atoms with Crippen LogP contribution in [0.5, 0.6) is 0 Å². The standard InChI is InChI=1S/C11H12N2/c1-8-3-4-10(9(2)7-8)11-12-5-6-13-11/h3-7,11H,1-2H3. The molecule has 1 aliphatic heterocycles. The quantitative estimate of drug-likeness (QED) is 0.621. The van der Waals surface area contributed by atoms with Gasteiger partial charge in [-0.25, -0.2) is 0 Å². The van der Waals surface area contributed by atoms with Crippen molar-refractivity contribution in [1.29, 1.82) is 0 Å². The lowest BCUT2D eigenvalue weighted by molar-refractivity contribution is 0.794. The summed E-state index contributed by atoms with van der Waals surface area (Å²) in [4.78, 5) is 8.50. The minimum Gasteiger partial charge on any atom is -0.260 e. The van der Waals surface area contributed by atoms with E-state index >= 15 is 0 Å². The van der Waals surface area contributed by atoms with Gasteiger partial charge in [0.05, 0.1) is 0 Å². The number of aliphatic imine (C=N–C) groups is 2. The van der Waals surface area contributed by atoms with Crippen LogP contribution >= 0.6 is 0 Å². The van der Waals surface area contributed by atoms with Crippen LogP contribution in [0.2, 0.25) is 0 Å². The summed E-state index contributed by atoms with van der Waals surface area (Å²) in [5, 5.41) is 0. The van der Waals surface area contributed by atoms with E-state index in [9.17, 15) is 0 Å². The zero-order valence-corrected chi connectivity index (χ0v) is 7.86. The average Bonchev–Trinajstić information content (AvgIpc) is 2.56. The van der Waals surface area contributed by atoms with E-state index in [4.69, 9.17) is 0 Å². The van der Waals surface area contributed by atoms with Crippen molar-refractivity contribution in [1.82, 2.24) is 0 Å². The van der Waals surface area contributed by atoms with E-state index in [1.807, 2.05) is 0 Å². The molecule has 1 heterocycles. The SMILES string of the molecule is Cc1ccc(C2N=CC=N2)c(C)c1. The van der Waals surface area contributed by atoms with Crippen molar-refractivity contribution in [3.8, 4) is 0 Å². The lowest BCUT2D eigenvalue weighted by Crippen LogP contribution is -1.93. The first-order valence-electron chi connectivity index (χ1n) is 4.39. The molecule has 0 radical (unpaired) electrons. The zero-order chi connectivity index (χ0) is 9.26. The molecule has 1 aromatic carbocycles. The minimum absolute atomic E-state index is 0.000556. The molecular weight excluding hydrogens is 160 g/mol. The highest BCUT2D eigenvalue weighted by molar-refractivity contribution is 6.17. The topological polar surface area (TPSA) is 24.7 Å². The number of hydrogen-bond donors (Lipinski definition) is 0. The Bertz CT molecular complexity index is 366. The second kappa shape index (κ2) is 3.13. The summed E-state index contributed by atoms with van der Waals surface area (Å²) in [6.45, 7) is 4.20. The van der Waals surface area contributed by atoms with Crippen molar-refractivity contribution in [2.75, 3.05) is 0 Å². The van der Waals surface area contributed by atoms with Crippen LogP contribution in [-0.2, 0) is 0 Å². The fraction of sp³-hybridized carbons (Fsp3) is 0.273. The smallest absolute Gasteiger partial charge is 0.165 e. The summed E-state index contributed by atoms with van der Waals surface area (Å²) in [5.74, 6) is 0. The molecule has 0 fully saturated rings. The van der Waals surface area contributed by atoms with Crippen LogP contribution in [0.1, 0.15) is 22.9 Å². The molecule has 0 atom stereocenters. The van der Waals surface area contributed by atoms with Gasteiger partial charge in [-0.05, 0) is 19.4 Å². The van der Waals surface area contributed by atoms with Gasteiger partial charge in [0.2, 0.25) is 0 Å². The van der Waals surface area contributed by atoms with Gasteiger partial charge in [0.1, 0.15) is 0 Å². The van der Waals surface area contributed by atoms with E-state index in [-0.39, 0.29) is 6.17 Å². The second-order valence-corrected chi connectivity index (χ2v) is 3.33. The Hall–Kier alpha value is -1.44. The number of nitrogens with zero attached hydrogens (tertiary/aromatic N) is 2. The highest BCUT2D eigenvalue weighted by Gasteiger charge is 2.11. The summed E-state index contributed by atoms with van der Waals surface area (Å²) in [6.07, 6.45) is 3.51. The maximum absolute atomic E-state index is 4.25. The Kier molecular flexibility index (Phi) is 1.97. The summed E-state index contributed by atoms with van der Waals surface area (Å²) in [6, 6.07) is 6.37. The number of aryl methyl sites for hydroxylation is 2. The minimum atomic E-state index is 0.000556. The van der Waals surface area contributed by atoms with E-state index in [1.54, 1.807) is 12.4 Å². The van der Waals surface area contributed by atoms with Crippen LogP contribution in [0.4, 0.5) is 0 Å². The first kappa shape index (κ1) is 8.17. The molecule has 0 bridgehead atoms. The molecule has 0 amide bonds. The molecule has 0 spiro atoms. The molecule has 2 heteroatoms. The van der Waals surface area contributed by atoms with Gasteiger partial charge in [-0.3, -0.25) is 9.98 Å². The van der Waals surface area contributed by atoms with E-state index in [1.165, 1.54) is 16.7 Å². The zero-order valence-electron chi connectivity index (χ0n) is 7.86. The normalized spacial score (nSPS) is 15.5. The van der Waals surface area contributed by atoms with Gasteiger partial charge in [0.15, 0.2) is 6.17 Å². The Morgan fingerprint density at radius 3 is 2.38 bits per heavy atom. The van der Waals surface area contributed by atoms with Crippen molar-refractivity contribution in [3.63, 3.8) is 0 Å². The third-order valence-corrected chi connectivity index (χ3v) is 2.22. The van der Waals surface area contributed by atoms with Crippen LogP contribution < -0.4 is 0 Å². The first-order valence-corrected chi connectivity index (χ1v) is 4.39. The van der Waals surface area contributed by atoms with Crippen LogP contribution in [0, 0.1) is 13.8 Å². The van der Waals surface area contributed by atoms with Gasteiger partial charge in [-0.2, -0.15) is 0 Å². The number of hydrogen-bond acceptors (Lipinski definition) is 2. The van der Waals surface area contributed by atoms with Crippen molar-refractivity contribution in [3.05, 3.63) is 34.9 Å². The Labute approximate surface area is 78.0 Å². The molecule has 0 saturated carbocycles. The largest absolute Gasteiger partial charge is 0.260 e. The summed E-state index contributed by atoms with van der Waals surface area (Å²) < 4.78 is 0. The van der Waals surface area contributed by atoms with Gasteiger partial charge in [-0.15, -0.1) is 0 Å². The fourth-order valence-corrected chi connectivity index (χ4v) is 1.55. The fourth-order valence-electron chi connectivity index (χ4n) is 1.55. The highest BCUT2D eigenvalue weighted by atomic mass is 15.0. The van der Waals surface area contributed by atoms with Gasteiger partial charge in [0.25, 0.3) is 0 Å². The summed E-state index contributed by atoms with van der Waals surface area (Å²) in [5.41, 5.74) is 3.75. The molecule has 66 valence electrons. The van der Waals surface area contributed by atoms with Crippen LogP contribution in [0.15, 0.2) is 28.2 Å². The maximum Gasteiger partial charge on any atom is 0.165 e. The van der Waals surface area contributed by atoms with Gasteiger partial charge in [0, 0.05) is 18.0 Å². The maximum atomic E-state index is 4.25. The molecule has 0 aromatic heterocycles. The highest BCUT2D eigenvalue weighted by Crippen LogP contribution is 2.24. The Balaban J connectivity index is 2.40. The molecule has 0 unspecified atom stereocenters. The lowest BCUT2D eigenvalue weighted by atomic mass is 10.0. The van der Waals surface area contributed by atoms with Crippen LogP contribution in [-0.4, -0.2) is 12.4 Å². The predicted octanol–water partition coefficient (Wildman–Crippen LogP) is 2.46. The van der Waals surface area contributed by atoms with E-state index < -0.39 is 0 Å². The third-order valence-electron chi connectivity index (χ3n) is 2.22. The van der Waals surface area contributed by atoms with E-state index in [0.717, 1.165) is 0 Å². The summed E-state index contributed by atoms with van der Waals surface area (Å²) in [7, 11) is 0. The average molecular weight is 172 g/mol. The monoisotopic (exact) mass is 172 g/mol. The number of rotatable bonds is 1. The van der Waals surface area contributed by atoms with Crippen LogP contribution in [0.3, 0.4) is 0 Å². The molecule has 1 aromatic rings. The molecule has 1 aliphatic rings. The third kappa shape index (κ3) is 1.52. The molecule has 0 saturated heterocycles. The molecule has 2 rings (SSSR count). The molecule has 2 nitrogen and oxygen atoms in total. The van der Waals surface area contributed by atoms with E-state index in [0.29, 0.717) is 0 Å². The molecule has 13 heavy (non-hydrogen) atoms. The van der Waals surface area contributed by atoms with E-state index in [2.05, 4.69) is 42.0 Å². The predicted molar refractivity (Wildman–Crippen MR) is 55.6 cm³/mol. The van der Waals surface area contributed by atoms with Crippen LogP contribution in [0.25, 0.3) is 0 Å². The molecule has 0 aliphatic carbocycles. The van der Waals surface area contributed by atoms with Gasteiger partial charge in [-0.1, -0.05) is 23.8 Å². The van der Waals surface area contributed by atoms with Crippen molar-refractivity contribution in [2.24, 2.45) is 9.98 Å². The van der Waals surface area contributed by atoms with Gasteiger partial charge < -0.3 is 0 Å². The van der Waals surface area contributed by atoms with Crippen molar-refractivity contribution >= 4 is 12.4 Å². The summed E-state index contributed by atoms with van der Waals surface area (Å²) >= 11 is 0. The van der Waals surface area contributed by atoms with Gasteiger partial charge >= 0.3 is 0 Å². The second-order valence-electron chi connectivity index (χ2n) is 3.33. The number of benzene rings is 1. The lowest BCUT2D eigenvalue weighted by Gasteiger charge is -2.08. The Morgan fingerprint density at radius 2 is 1.77 bits per heavy atom. The molecule has 0 N–H and O–H groups in total.